The summed E-state index contributed by atoms with van der Waals surface area (Å²) in [6.45, 7) is 5.90. The molecule has 0 spiro atoms. The maximum Gasteiger partial charge on any atom is 0.0314 e. The summed E-state index contributed by atoms with van der Waals surface area (Å²) in [6, 6.07) is 8.24. The molecule has 2 nitrogen and oxygen atoms in total. The van der Waals surface area contributed by atoms with Gasteiger partial charge in [0.25, 0.3) is 0 Å². The maximum atomic E-state index is 5.67. The van der Waals surface area contributed by atoms with Crippen LogP contribution in [0.1, 0.15) is 25.3 Å². The Morgan fingerprint density at radius 2 is 2.07 bits per heavy atom. The fourth-order valence-electron chi connectivity index (χ4n) is 2.31. The SMILES string of the molecule is C[C@@H]1CCCN(Cc2ccc(N)cc2)C1. The molecule has 1 fully saturated rings. The Kier molecular flexibility index (Phi) is 3.27. The molecule has 1 aromatic carbocycles. The fraction of sp³-hybridized carbons (Fsp3) is 0.538. The number of nitrogen functional groups attached to an aromatic ring is 1. The molecule has 0 aromatic heterocycles. The van der Waals surface area contributed by atoms with E-state index in [2.05, 4.69) is 24.0 Å². The summed E-state index contributed by atoms with van der Waals surface area (Å²) in [6.07, 6.45) is 2.73. The van der Waals surface area contributed by atoms with Gasteiger partial charge in [-0.25, -0.2) is 0 Å². The summed E-state index contributed by atoms with van der Waals surface area (Å²) < 4.78 is 0. The van der Waals surface area contributed by atoms with E-state index in [1.165, 1.54) is 31.5 Å². The van der Waals surface area contributed by atoms with Gasteiger partial charge >= 0.3 is 0 Å². The summed E-state index contributed by atoms with van der Waals surface area (Å²) >= 11 is 0. The van der Waals surface area contributed by atoms with Crippen molar-refractivity contribution >= 4 is 5.69 Å². The molecule has 1 saturated heterocycles. The van der Waals surface area contributed by atoms with Gasteiger partial charge in [-0.2, -0.15) is 0 Å². The second-order valence-electron chi connectivity index (χ2n) is 4.72. The van der Waals surface area contributed by atoms with Crippen LogP contribution < -0.4 is 5.73 Å². The largest absolute Gasteiger partial charge is 0.399 e. The lowest BCUT2D eigenvalue weighted by Gasteiger charge is -2.30. The number of rotatable bonds is 2. The Labute approximate surface area is 92.1 Å². The summed E-state index contributed by atoms with van der Waals surface area (Å²) in [4.78, 5) is 2.54. The number of likely N-dealkylation sites (tertiary alicyclic amines) is 1. The van der Waals surface area contributed by atoms with Crippen molar-refractivity contribution in [3.8, 4) is 0 Å². The first-order valence-electron chi connectivity index (χ1n) is 5.81. The zero-order chi connectivity index (χ0) is 10.7. The van der Waals surface area contributed by atoms with Gasteiger partial charge < -0.3 is 5.73 Å². The molecule has 0 amide bonds. The van der Waals surface area contributed by atoms with E-state index in [0.29, 0.717) is 0 Å². The van der Waals surface area contributed by atoms with Gasteiger partial charge in [0.15, 0.2) is 0 Å². The molecule has 0 unspecified atom stereocenters. The van der Waals surface area contributed by atoms with Gasteiger partial charge in [0.1, 0.15) is 0 Å². The van der Waals surface area contributed by atoms with Crippen molar-refractivity contribution in [3.05, 3.63) is 29.8 Å². The first kappa shape index (κ1) is 10.5. The molecule has 0 bridgehead atoms. The molecule has 1 aliphatic heterocycles. The van der Waals surface area contributed by atoms with E-state index >= 15 is 0 Å². The lowest BCUT2D eigenvalue weighted by molar-refractivity contribution is 0.176. The summed E-state index contributed by atoms with van der Waals surface area (Å²) in [5.74, 6) is 0.854. The van der Waals surface area contributed by atoms with E-state index in [1.807, 2.05) is 12.1 Å². The highest BCUT2D eigenvalue weighted by molar-refractivity contribution is 5.39. The number of piperidine rings is 1. The van der Waals surface area contributed by atoms with Gasteiger partial charge in [-0.15, -0.1) is 0 Å². The molecule has 0 saturated carbocycles. The van der Waals surface area contributed by atoms with Crippen LogP contribution in [0.5, 0.6) is 0 Å². The third-order valence-electron chi connectivity index (χ3n) is 3.13. The van der Waals surface area contributed by atoms with Crippen LogP contribution in [0, 0.1) is 5.92 Å². The zero-order valence-corrected chi connectivity index (χ0v) is 9.45. The quantitative estimate of drug-likeness (QED) is 0.750. The van der Waals surface area contributed by atoms with Crippen LogP contribution in [0.15, 0.2) is 24.3 Å². The fourth-order valence-corrected chi connectivity index (χ4v) is 2.31. The molecule has 0 radical (unpaired) electrons. The molecule has 1 aliphatic rings. The molecule has 1 heterocycles. The topological polar surface area (TPSA) is 29.3 Å². The molecule has 1 atom stereocenters. The molecule has 2 rings (SSSR count). The highest BCUT2D eigenvalue weighted by atomic mass is 15.1. The minimum atomic E-state index is 0.853. The van der Waals surface area contributed by atoms with Crippen LogP contribution in [0.2, 0.25) is 0 Å². The van der Waals surface area contributed by atoms with Crippen molar-refractivity contribution in [3.63, 3.8) is 0 Å². The molecule has 1 aromatic rings. The third kappa shape index (κ3) is 2.96. The number of hydrogen-bond acceptors (Lipinski definition) is 2. The number of nitrogens with zero attached hydrogens (tertiary/aromatic N) is 1. The van der Waals surface area contributed by atoms with E-state index in [-0.39, 0.29) is 0 Å². The lowest BCUT2D eigenvalue weighted by atomic mass is 10.00. The standard InChI is InChI=1S/C13H20N2/c1-11-3-2-8-15(9-11)10-12-4-6-13(14)7-5-12/h4-7,11H,2-3,8-10,14H2,1H3/t11-/m1/s1. The van der Waals surface area contributed by atoms with Gasteiger partial charge in [0.2, 0.25) is 0 Å². The minimum Gasteiger partial charge on any atom is -0.399 e. The zero-order valence-electron chi connectivity index (χ0n) is 9.45. The van der Waals surface area contributed by atoms with Gasteiger partial charge in [-0.3, -0.25) is 4.90 Å². The van der Waals surface area contributed by atoms with Gasteiger partial charge in [0, 0.05) is 18.8 Å². The van der Waals surface area contributed by atoms with E-state index in [0.717, 1.165) is 18.2 Å². The van der Waals surface area contributed by atoms with Gasteiger partial charge in [-0.05, 0) is 43.0 Å². The Bertz CT molecular complexity index is 305. The van der Waals surface area contributed by atoms with Crippen LogP contribution >= 0.6 is 0 Å². The predicted octanol–water partition coefficient (Wildman–Crippen LogP) is 2.50. The molecular weight excluding hydrogens is 184 g/mol. The van der Waals surface area contributed by atoms with Crippen LogP contribution in [-0.2, 0) is 6.54 Å². The molecular formula is C13H20N2. The monoisotopic (exact) mass is 204 g/mol. The van der Waals surface area contributed by atoms with Gasteiger partial charge in [0.05, 0.1) is 0 Å². The Balaban J connectivity index is 1.93. The van der Waals surface area contributed by atoms with Crippen molar-refractivity contribution in [2.75, 3.05) is 18.8 Å². The first-order valence-corrected chi connectivity index (χ1v) is 5.81. The smallest absolute Gasteiger partial charge is 0.0314 e. The van der Waals surface area contributed by atoms with Crippen LogP contribution in [-0.4, -0.2) is 18.0 Å². The molecule has 0 aliphatic carbocycles. The van der Waals surface area contributed by atoms with Crippen LogP contribution in [0.25, 0.3) is 0 Å². The molecule has 2 heteroatoms. The number of hydrogen-bond donors (Lipinski definition) is 1. The van der Waals surface area contributed by atoms with Crippen LogP contribution in [0.3, 0.4) is 0 Å². The summed E-state index contributed by atoms with van der Waals surface area (Å²) in [7, 11) is 0. The van der Waals surface area contributed by atoms with Gasteiger partial charge in [-0.1, -0.05) is 19.1 Å². The molecule has 82 valence electrons. The van der Waals surface area contributed by atoms with E-state index < -0.39 is 0 Å². The molecule has 15 heavy (non-hydrogen) atoms. The van der Waals surface area contributed by atoms with Crippen molar-refractivity contribution in [1.82, 2.24) is 4.90 Å². The summed E-state index contributed by atoms with van der Waals surface area (Å²) in [5, 5.41) is 0. The third-order valence-corrected chi connectivity index (χ3v) is 3.13. The minimum absolute atomic E-state index is 0.853. The van der Waals surface area contributed by atoms with Crippen molar-refractivity contribution in [1.29, 1.82) is 0 Å². The second kappa shape index (κ2) is 4.67. The predicted molar refractivity (Wildman–Crippen MR) is 64.5 cm³/mol. The Morgan fingerprint density at radius 1 is 1.33 bits per heavy atom. The Morgan fingerprint density at radius 3 is 2.73 bits per heavy atom. The highest BCUT2D eigenvalue weighted by Gasteiger charge is 2.15. The van der Waals surface area contributed by atoms with Crippen molar-refractivity contribution < 1.29 is 0 Å². The molecule has 2 N–H and O–H groups in total. The van der Waals surface area contributed by atoms with E-state index in [9.17, 15) is 0 Å². The van der Waals surface area contributed by atoms with Crippen LogP contribution in [0.4, 0.5) is 5.69 Å². The van der Waals surface area contributed by atoms with E-state index in [1.54, 1.807) is 0 Å². The van der Waals surface area contributed by atoms with Crippen molar-refractivity contribution in [2.45, 2.75) is 26.3 Å². The summed E-state index contributed by atoms with van der Waals surface area (Å²) in [5.41, 5.74) is 7.89. The van der Waals surface area contributed by atoms with Crippen molar-refractivity contribution in [2.24, 2.45) is 5.92 Å². The maximum absolute atomic E-state index is 5.67. The average Bonchev–Trinajstić information content (AvgIpc) is 2.22. The normalized spacial score (nSPS) is 22.9. The average molecular weight is 204 g/mol. The number of nitrogens with two attached hydrogens (primary N) is 1. The van der Waals surface area contributed by atoms with E-state index in [4.69, 9.17) is 5.73 Å². The first-order chi connectivity index (χ1) is 7.24. The highest BCUT2D eigenvalue weighted by Crippen LogP contribution is 2.18. The Hall–Kier alpha value is -1.02. The number of anilines is 1. The number of benzene rings is 1. The second-order valence-corrected chi connectivity index (χ2v) is 4.72. The lowest BCUT2D eigenvalue weighted by Crippen LogP contribution is -2.33.